The van der Waals surface area contributed by atoms with Crippen molar-refractivity contribution in [3.05, 3.63) is 36.7 Å². The largest absolute Gasteiger partial charge is 0.488 e. The highest BCUT2D eigenvalue weighted by molar-refractivity contribution is 6.03. The first-order chi connectivity index (χ1) is 16.1. The van der Waals surface area contributed by atoms with E-state index in [0.29, 0.717) is 46.5 Å². The molecule has 0 radical (unpaired) electrons. The Hall–Kier alpha value is -3.72. The minimum atomic E-state index is -0.0853. The Labute approximate surface area is 190 Å². The average Bonchev–Trinajstić information content (AvgIpc) is 3.58. The van der Waals surface area contributed by atoms with Gasteiger partial charge in [-0.1, -0.05) is 0 Å². The van der Waals surface area contributed by atoms with Crippen LogP contribution in [0.4, 0.5) is 11.6 Å². The van der Waals surface area contributed by atoms with Crippen LogP contribution in [0.5, 0.6) is 5.75 Å². The van der Waals surface area contributed by atoms with Gasteiger partial charge in [0.25, 0.3) is 0 Å². The minimum absolute atomic E-state index is 0.00314. The van der Waals surface area contributed by atoms with Crippen LogP contribution in [-0.4, -0.2) is 47.7 Å². The van der Waals surface area contributed by atoms with Crippen LogP contribution in [0.1, 0.15) is 19.8 Å². The number of aromatic nitrogens is 3. The van der Waals surface area contributed by atoms with Gasteiger partial charge in [-0.3, -0.25) is 4.79 Å². The number of benzene rings is 1. The molecule has 2 N–H and O–H groups in total. The quantitative estimate of drug-likeness (QED) is 0.413. The van der Waals surface area contributed by atoms with E-state index in [9.17, 15) is 4.79 Å². The van der Waals surface area contributed by atoms with Gasteiger partial charge in [0.05, 0.1) is 12.2 Å². The predicted molar refractivity (Wildman–Crippen MR) is 125 cm³/mol. The van der Waals surface area contributed by atoms with Crippen LogP contribution < -0.4 is 15.4 Å². The molecule has 4 aromatic rings. The maximum atomic E-state index is 12.2. The van der Waals surface area contributed by atoms with Gasteiger partial charge in [0.1, 0.15) is 29.0 Å². The number of nitrogens with one attached hydrogen (secondary N) is 2. The smallest absolute Gasteiger partial charge is 0.229 e. The number of methoxy groups -OCH3 is 1. The molecule has 1 aliphatic carbocycles. The predicted octanol–water partition coefficient (Wildman–Crippen LogP) is 4.24. The zero-order valence-electron chi connectivity index (χ0n) is 18.7. The number of amides is 1. The van der Waals surface area contributed by atoms with Crippen molar-refractivity contribution < 1.29 is 18.7 Å². The molecule has 170 valence electrons. The maximum absolute atomic E-state index is 12.2. The molecule has 1 aliphatic rings. The molecule has 9 heteroatoms. The molecule has 1 amide bonds. The fourth-order valence-electron chi connectivity index (χ4n) is 3.74. The average molecular weight is 447 g/mol. The van der Waals surface area contributed by atoms with Gasteiger partial charge in [0, 0.05) is 49.3 Å². The van der Waals surface area contributed by atoms with Gasteiger partial charge in [-0.25, -0.2) is 15.0 Å². The second-order valence-electron chi connectivity index (χ2n) is 8.18. The van der Waals surface area contributed by atoms with Crippen LogP contribution in [0.3, 0.4) is 0 Å². The number of pyridine rings is 2. The zero-order valence-corrected chi connectivity index (χ0v) is 18.7. The number of anilines is 2. The van der Waals surface area contributed by atoms with E-state index in [2.05, 4.69) is 25.6 Å². The summed E-state index contributed by atoms with van der Waals surface area (Å²) in [7, 11) is 3.44. The Bertz CT molecular complexity index is 1330. The number of fused-ring (bicyclic) bond motifs is 2. The van der Waals surface area contributed by atoms with E-state index < -0.39 is 0 Å². The van der Waals surface area contributed by atoms with Crippen molar-refractivity contribution in [3.63, 3.8) is 0 Å². The summed E-state index contributed by atoms with van der Waals surface area (Å²) in [6, 6.07) is 7.36. The molecule has 1 aromatic carbocycles. The van der Waals surface area contributed by atoms with Crippen LogP contribution >= 0.6 is 0 Å². The molecular weight excluding hydrogens is 422 g/mol. The lowest BCUT2D eigenvalue weighted by atomic mass is 10.1. The number of rotatable bonds is 8. The first kappa shape index (κ1) is 21.1. The van der Waals surface area contributed by atoms with Crippen molar-refractivity contribution in [1.29, 1.82) is 0 Å². The van der Waals surface area contributed by atoms with Crippen molar-refractivity contribution >= 4 is 39.4 Å². The topological polar surface area (TPSA) is 111 Å². The Morgan fingerprint density at radius 3 is 2.82 bits per heavy atom. The highest BCUT2D eigenvalue weighted by Crippen LogP contribution is 2.35. The highest BCUT2D eigenvalue weighted by Gasteiger charge is 2.30. The summed E-state index contributed by atoms with van der Waals surface area (Å²) in [5.41, 5.74) is 2.02. The minimum Gasteiger partial charge on any atom is -0.488 e. The van der Waals surface area contributed by atoms with Crippen LogP contribution in [-0.2, 0) is 9.53 Å². The van der Waals surface area contributed by atoms with Crippen LogP contribution in [0.15, 0.2) is 41.1 Å². The fourth-order valence-corrected chi connectivity index (χ4v) is 3.74. The third kappa shape index (κ3) is 4.31. The van der Waals surface area contributed by atoms with E-state index in [1.165, 1.54) is 0 Å². The molecule has 0 aliphatic heterocycles. The molecule has 5 rings (SSSR count). The molecule has 0 spiro atoms. The van der Waals surface area contributed by atoms with E-state index >= 15 is 0 Å². The van der Waals surface area contributed by atoms with E-state index in [1.807, 2.05) is 31.2 Å². The van der Waals surface area contributed by atoms with Crippen molar-refractivity contribution in [2.45, 2.75) is 25.9 Å². The van der Waals surface area contributed by atoms with Gasteiger partial charge in [-0.05, 0) is 38.0 Å². The summed E-state index contributed by atoms with van der Waals surface area (Å²) in [5, 5.41) is 7.62. The Balaban J connectivity index is 1.54. The molecule has 1 fully saturated rings. The monoisotopic (exact) mass is 447 g/mol. The number of nitrogens with zero attached hydrogens (tertiary/aromatic N) is 3. The van der Waals surface area contributed by atoms with E-state index in [-0.39, 0.29) is 17.9 Å². The summed E-state index contributed by atoms with van der Waals surface area (Å²) in [4.78, 5) is 25.8. The third-order valence-electron chi connectivity index (χ3n) is 5.54. The van der Waals surface area contributed by atoms with Gasteiger partial charge in [-0.2, -0.15) is 0 Å². The normalized spacial score (nSPS) is 14.4. The summed E-state index contributed by atoms with van der Waals surface area (Å²) in [5.74, 6) is 2.39. The van der Waals surface area contributed by atoms with E-state index in [4.69, 9.17) is 13.9 Å². The van der Waals surface area contributed by atoms with Gasteiger partial charge < -0.3 is 24.5 Å². The lowest BCUT2D eigenvalue weighted by Gasteiger charge is -2.13. The molecule has 1 atom stereocenters. The van der Waals surface area contributed by atoms with Crippen molar-refractivity contribution in [1.82, 2.24) is 15.0 Å². The van der Waals surface area contributed by atoms with Crippen LogP contribution in [0.2, 0.25) is 0 Å². The van der Waals surface area contributed by atoms with Crippen molar-refractivity contribution in [2.75, 3.05) is 31.4 Å². The number of carbonyl (C=O) groups excluding carboxylic acids is 1. The molecule has 3 heterocycles. The molecule has 33 heavy (non-hydrogen) atoms. The lowest BCUT2D eigenvalue weighted by molar-refractivity contribution is -0.117. The van der Waals surface area contributed by atoms with Gasteiger partial charge in [0.15, 0.2) is 5.58 Å². The summed E-state index contributed by atoms with van der Waals surface area (Å²) < 4.78 is 17.1. The third-order valence-corrected chi connectivity index (χ3v) is 5.54. The molecule has 1 saturated carbocycles. The Morgan fingerprint density at radius 1 is 1.21 bits per heavy atom. The molecule has 0 bridgehead atoms. The number of hydrogen-bond donors (Lipinski definition) is 2. The first-order valence-electron chi connectivity index (χ1n) is 10.9. The number of oxazole rings is 1. The van der Waals surface area contributed by atoms with Crippen molar-refractivity contribution in [2.24, 2.45) is 5.92 Å². The number of carbonyl (C=O) groups is 1. The fraction of sp³-hybridized carbons (Fsp3) is 0.333. The summed E-state index contributed by atoms with van der Waals surface area (Å²) in [6.07, 6.45) is 5.18. The van der Waals surface area contributed by atoms with E-state index in [1.54, 1.807) is 26.6 Å². The Morgan fingerprint density at radius 2 is 2.06 bits per heavy atom. The van der Waals surface area contributed by atoms with Gasteiger partial charge in [-0.15, -0.1) is 0 Å². The molecule has 3 aromatic heterocycles. The summed E-state index contributed by atoms with van der Waals surface area (Å²) >= 11 is 0. The van der Waals surface area contributed by atoms with Crippen molar-refractivity contribution in [3.8, 4) is 17.2 Å². The maximum Gasteiger partial charge on any atom is 0.229 e. The first-order valence-corrected chi connectivity index (χ1v) is 10.9. The second kappa shape index (κ2) is 8.67. The SMILES string of the molecule is CNc1ncc(-c2nc3cc(O[C@H](C)COC)ccc3o2)c2cc(NC(=O)C3CC3)ncc12. The van der Waals surface area contributed by atoms with E-state index in [0.717, 1.165) is 23.6 Å². The molecule has 0 unspecified atom stereocenters. The standard InChI is InChI=1S/C24H25N5O4/c1-13(12-31-3)32-15-6-7-20-19(8-15)28-24(33-20)18-11-27-22(25-2)17-10-26-21(9-16(17)18)29-23(30)14-4-5-14/h6-11,13-14H,4-5,12H2,1-3H3,(H,25,27)(H,26,29,30)/t13-/m1/s1. The number of ether oxygens (including phenoxy) is 2. The molecule has 0 saturated heterocycles. The molecular formula is C24H25N5O4. The number of hydrogen-bond acceptors (Lipinski definition) is 8. The molecule has 9 nitrogen and oxygen atoms in total. The zero-order chi connectivity index (χ0) is 22.9. The highest BCUT2D eigenvalue weighted by atomic mass is 16.5. The van der Waals surface area contributed by atoms with Crippen LogP contribution in [0.25, 0.3) is 33.3 Å². The van der Waals surface area contributed by atoms with Gasteiger partial charge in [0.2, 0.25) is 11.8 Å². The Kier molecular flexibility index (Phi) is 5.55. The van der Waals surface area contributed by atoms with Gasteiger partial charge >= 0.3 is 0 Å². The lowest BCUT2D eigenvalue weighted by Crippen LogP contribution is -2.17. The van der Waals surface area contributed by atoms with Crippen LogP contribution in [0, 0.1) is 5.92 Å². The summed E-state index contributed by atoms with van der Waals surface area (Å²) in [6.45, 7) is 2.43. The second-order valence-corrected chi connectivity index (χ2v) is 8.18.